The van der Waals surface area contributed by atoms with Gasteiger partial charge in [0.25, 0.3) is 0 Å². The van der Waals surface area contributed by atoms with Crippen LogP contribution in [0.25, 0.3) is 0 Å². The fourth-order valence-electron chi connectivity index (χ4n) is 2.78. The maximum Gasteiger partial charge on any atom is 0.325 e. The predicted octanol–water partition coefficient (Wildman–Crippen LogP) is 3.58. The molecule has 0 aliphatic carbocycles. The highest BCUT2D eigenvalue weighted by Gasteiger charge is 2.41. The second kappa shape index (κ2) is 8.16. The van der Waals surface area contributed by atoms with E-state index in [9.17, 15) is 14.9 Å². The minimum Gasteiger partial charge on any atom is -0.393 e. The number of nitrogens with two attached hydrogens (primary N) is 1. The number of nitrogens with zero attached hydrogens (tertiary/aromatic N) is 1. The quantitative estimate of drug-likeness (QED) is 0.732. The first kappa shape index (κ1) is 18.8. The Labute approximate surface area is 165 Å². The van der Waals surface area contributed by atoms with Crippen LogP contribution in [0.1, 0.15) is 11.5 Å². The summed E-state index contributed by atoms with van der Waals surface area (Å²) in [5.74, 6) is -1.08. The number of nitrogens with one attached hydrogen (secondary N) is 2. The van der Waals surface area contributed by atoms with E-state index in [0.29, 0.717) is 16.3 Å². The summed E-state index contributed by atoms with van der Waals surface area (Å²) in [4.78, 5) is 24.8. The number of benzene rings is 2. The smallest absolute Gasteiger partial charge is 0.325 e. The van der Waals surface area contributed by atoms with Crippen molar-refractivity contribution in [1.82, 2.24) is 5.32 Å². The zero-order chi connectivity index (χ0) is 19.4. The van der Waals surface area contributed by atoms with Crippen LogP contribution in [0.4, 0.5) is 10.5 Å². The number of hydrogen-bond donors (Lipinski definition) is 3. The van der Waals surface area contributed by atoms with Gasteiger partial charge in [0.2, 0.25) is 5.91 Å². The van der Waals surface area contributed by atoms with Gasteiger partial charge in [-0.05, 0) is 29.8 Å². The van der Waals surface area contributed by atoms with Gasteiger partial charge in [-0.2, -0.15) is 5.26 Å². The molecule has 0 radical (unpaired) electrons. The third-order valence-corrected chi connectivity index (χ3v) is 5.48. The molecule has 1 heterocycles. The lowest BCUT2D eigenvalue weighted by Gasteiger charge is -2.19. The minimum absolute atomic E-state index is 0.279. The Morgan fingerprint density at radius 3 is 2.41 bits per heavy atom. The van der Waals surface area contributed by atoms with E-state index in [0.717, 1.165) is 17.3 Å². The number of nitriles is 1. The number of halogens is 1. The van der Waals surface area contributed by atoms with Crippen LogP contribution in [0.2, 0.25) is 5.02 Å². The highest BCUT2D eigenvalue weighted by Crippen LogP contribution is 2.45. The molecule has 0 saturated heterocycles. The van der Waals surface area contributed by atoms with Gasteiger partial charge in [0.1, 0.15) is 5.25 Å². The van der Waals surface area contributed by atoms with Crippen molar-refractivity contribution >= 4 is 41.0 Å². The Kier molecular flexibility index (Phi) is 5.69. The molecule has 2 atom stereocenters. The summed E-state index contributed by atoms with van der Waals surface area (Å²) >= 11 is 6.99. The van der Waals surface area contributed by atoms with Gasteiger partial charge in [-0.3, -0.25) is 10.1 Å². The van der Waals surface area contributed by atoms with Gasteiger partial charge in [0, 0.05) is 16.6 Å². The van der Waals surface area contributed by atoms with Gasteiger partial charge >= 0.3 is 6.03 Å². The van der Waals surface area contributed by atoms with E-state index in [1.807, 2.05) is 6.07 Å². The summed E-state index contributed by atoms with van der Waals surface area (Å²) < 4.78 is 0. The molecular weight excluding hydrogens is 384 g/mol. The van der Waals surface area contributed by atoms with Crippen molar-refractivity contribution in [2.24, 2.45) is 5.73 Å². The standard InChI is InChI=1S/C19H15ClN4O2S/c20-12-8-6-11(7-9-12)15-14(10-21)17(22)27-16(15)18(25)24-19(26)23-13-4-2-1-3-5-13/h1-9,15-16H,22H2,(H2,23,24,25,26)/t15-,16-/m1/s1. The van der Waals surface area contributed by atoms with Crippen molar-refractivity contribution < 1.29 is 9.59 Å². The van der Waals surface area contributed by atoms with Gasteiger partial charge in [-0.1, -0.05) is 53.7 Å². The fraction of sp³-hybridized carbons (Fsp3) is 0.105. The molecule has 0 spiro atoms. The molecule has 4 N–H and O–H groups in total. The van der Waals surface area contributed by atoms with Crippen LogP contribution in [0.15, 0.2) is 65.2 Å². The lowest BCUT2D eigenvalue weighted by atomic mass is 9.89. The second-order valence-corrected chi connectivity index (χ2v) is 7.39. The Morgan fingerprint density at radius 1 is 1.11 bits per heavy atom. The number of imide groups is 1. The van der Waals surface area contributed by atoms with Crippen molar-refractivity contribution in [1.29, 1.82) is 5.26 Å². The zero-order valence-corrected chi connectivity index (χ0v) is 15.6. The van der Waals surface area contributed by atoms with E-state index in [2.05, 4.69) is 16.7 Å². The summed E-state index contributed by atoms with van der Waals surface area (Å²) in [5, 5.41) is 14.5. The first-order chi connectivity index (χ1) is 13.0. The Balaban J connectivity index is 1.77. The van der Waals surface area contributed by atoms with Crippen molar-refractivity contribution in [2.75, 3.05) is 5.32 Å². The molecule has 0 aromatic heterocycles. The second-order valence-electron chi connectivity index (χ2n) is 5.77. The molecule has 136 valence electrons. The summed E-state index contributed by atoms with van der Waals surface area (Å²) in [6, 6.07) is 17.0. The van der Waals surface area contributed by atoms with Gasteiger partial charge in [0.15, 0.2) is 0 Å². The summed E-state index contributed by atoms with van der Waals surface area (Å²) in [5.41, 5.74) is 7.54. The molecule has 0 bridgehead atoms. The molecule has 0 unspecified atom stereocenters. The number of carbonyl (C=O) groups is 2. The van der Waals surface area contributed by atoms with E-state index < -0.39 is 23.1 Å². The normalized spacial score (nSPS) is 18.7. The van der Waals surface area contributed by atoms with Crippen molar-refractivity contribution in [3.8, 4) is 6.07 Å². The Bertz CT molecular complexity index is 938. The van der Waals surface area contributed by atoms with Gasteiger partial charge in [-0.15, -0.1) is 0 Å². The number of rotatable bonds is 3. The average Bonchev–Trinajstić information content (AvgIpc) is 2.99. The maximum absolute atomic E-state index is 12.7. The number of allylic oxidation sites excluding steroid dienone is 1. The summed E-state index contributed by atoms with van der Waals surface area (Å²) in [7, 11) is 0. The molecule has 27 heavy (non-hydrogen) atoms. The van der Waals surface area contributed by atoms with Crippen LogP contribution in [0.3, 0.4) is 0 Å². The molecule has 0 saturated carbocycles. The van der Waals surface area contributed by atoms with Gasteiger partial charge in [0.05, 0.1) is 16.7 Å². The van der Waals surface area contributed by atoms with Crippen molar-refractivity contribution in [2.45, 2.75) is 11.2 Å². The van der Waals surface area contributed by atoms with Crippen molar-refractivity contribution in [3.05, 3.63) is 75.8 Å². The Hall–Kier alpha value is -2.95. The predicted molar refractivity (Wildman–Crippen MR) is 106 cm³/mol. The van der Waals surface area contributed by atoms with Crippen LogP contribution in [0.5, 0.6) is 0 Å². The largest absolute Gasteiger partial charge is 0.393 e. The fourth-order valence-corrected chi connectivity index (χ4v) is 4.08. The third-order valence-electron chi connectivity index (χ3n) is 4.01. The topological polar surface area (TPSA) is 108 Å². The number of hydrogen-bond acceptors (Lipinski definition) is 5. The molecule has 1 aliphatic rings. The van der Waals surface area contributed by atoms with E-state index in [1.54, 1.807) is 48.5 Å². The molecule has 8 heteroatoms. The molecule has 2 aromatic carbocycles. The van der Waals surface area contributed by atoms with Gasteiger partial charge < -0.3 is 11.1 Å². The van der Waals surface area contributed by atoms with E-state index >= 15 is 0 Å². The molecule has 0 fully saturated rings. The van der Waals surface area contributed by atoms with E-state index in [-0.39, 0.29) is 5.03 Å². The van der Waals surface area contributed by atoms with Crippen LogP contribution >= 0.6 is 23.4 Å². The number of carbonyl (C=O) groups excluding carboxylic acids is 2. The lowest BCUT2D eigenvalue weighted by molar-refractivity contribution is -0.119. The number of thioether (sulfide) groups is 1. The van der Waals surface area contributed by atoms with E-state index in [4.69, 9.17) is 17.3 Å². The summed E-state index contributed by atoms with van der Waals surface area (Å²) in [6.07, 6.45) is 0. The van der Waals surface area contributed by atoms with Crippen LogP contribution < -0.4 is 16.4 Å². The maximum atomic E-state index is 12.7. The highest BCUT2D eigenvalue weighted by atomic mass is 35.5. The molecule has 3 amide bonds. The lowest BCUT2D eigenvalue weighted by Crippen LogP contribution is -2.41. The molecule has 3 rings (SSSR count). The molecule has 6 nitrogen and oxygen atoms in total. The number of anilines is 1. The first-order valence-electron chi connectivity index (χ1n) is 7.98. The molecular formula is C19H15ClN4O2S. The van der Waals surface area contributed by atoms with Crippen LogP contribution in [-0.2, 0) is 4.79 Å². The van der Waals surface area contributed by atoms with Crippen molar-refractivity contribution in [3.63, 3.8) is 0 Å². The van der Waals surface area contributed by atoms with Crippen LogP contribution in [0, 0.1) is 11.3 Å². The SMILES string of the molecule is N#CC1=C(N)S[C@@H](C(=O)NC(=O)Nc2ccccc2)[C@@H]1c1ccc(Cl)cc1. The summed E-state index contributed by atoms with van der Waals surface area (Å²) in [6.45, 7) is 0. The van der Waals surface area contributed by atoms with E-state index in [1.165, 1.54) is 0 Å². The number of urea groups is 1. The highest BCUT2D eigenvalue weighted by molar-refractivity contribution is 8.04. The molecule has 1 aliphatic heterocycles. The molecule has 2 aromatic rings. The number of para-hydroxylation sites is 1. The first-order valence-corrected chi connectivity index (χ1v) is 9.24. The average molecular weight is 399 g/mol. The van der Waals surface area contributed by atoms with Crippen LogP contribution in [-0.4, -0.2) is 17.2 Å². The van der Waals surface area contributed by atoms with Gasteiger partial charge in [-0.25, -0.2) is 4.79 Å². The zero-order valence-electron chi connectivity index (χ0n) is 14.0. The Morgan fingerprint density at radius 2 is 1.78 bits per heavy atom. The third kappa shape index (κ3) is 4.25. The monoisotopic (exact) mass is 398 g/mol. The minimum atomic E-state index is -0.734. The number of amides is 3.